The fourth-order valence-corrected chi connectivity index (χ4v) is 2.44. The van der Waals surface area contributed by atoms with Crippen LogP contribution in [0.15, 0.2) is 24.3 Å². The van der Waals surface area contributed by atoms with Crippen LogP contribution in [0.3, 0.4) is 0 Å². The minimum absolute atomic E-state index is 0.299. The van der Waals surface area contributed by atoms with Gasteiger partial charge in [-0.1, -0.05) is 12.1 Å². The summed E-state index contributed by atoms with van der Waals surface area (Å²) in [4.78, 5) is 0. The molecule has 1 fully saturated rings. The van der Waals surface area contributed by atoms with Gasteiger partial charge in [-0.3, -0.25) is 0 Å². The van der Waals surface area contributed by atoms with E-state index in [1.54, 1.807) is 6.07 Å². The Morgan fingerprint density at radius 1 is 1.50 bits per heavy atom. The third-order valence-electron chi connectivity index (χ3n) is 3.32. The van der Waals surface area contributed by atoms with Crippen molar-refractivity contribution in [2.75, 3.05) is 19.8 Å². The molecule has 1 aromatic carbocycles. The Kier molecular flexibility index (Phi) is 3.80. The zero-order valence-corrected chi connectivity index (χ0v) is 9.43. The topological polar surface area (TPSA) is 55.5 Å². The Morgan fingerprint density at radius 3 is 3.00 bits per heavy atom. The van der Waals surface area contributed by atoms with E-state index in [-0.39, 0.29) is 0 Å². The van der Waals surface area contributed by atoms with Crippen LogP contribution in [0, 0.1) is 5.92 Å². The molecule has 2 atom stereocenters. The van der Waals surface area contributed by atoms with Crippen LogP contribution in [0.5, 0.6) is 5.75 Å². The molecule has 0 radical (unpaired) electrons. The van der Waals surface area contributed by atoms with Crippen LogP contribution in [0.1, 0.15) is 24.3 Å². The minimum atomic E-state index is 0.299. The zero-order valence-electron chi connectivity index (χ0n) is 9.43. The fourth-order valence-electron chi connectivity index (χ4n) is 2.44. The van der Waals surface area contributed by atoms with Gasteiger partial charge in [-0.2, -0.15) is 0 Å². The smallest absolute Gasteiger partial charge is 0.115 e. The van der Waals surface area contributed by atoms with E-state index in [9.17, 15) is 5.11 Å². The van der Waals surface area contributed by atoms with Crippen molar-refractivity contribution in [3.63, 3.8) is 0 Å². The SMILES string of the molecule is NCC(c1cccc(O)c1)C1CCCOC1. The van der Waals surface area contributed by atoms with Gasteiger partial charge in [-0.25, -0.2) is 0 Å². The summed E-state index contributed by atoms with van der Waals surface area (Å²) in [6.07, 6.45) is 2.28. The molecule has 3 heteroatoms. The molecule has 0 aliphatic carbocycles. The first-order valence-electron chi connectivity index (χ1n) is 5.88. The molecule has 3 nitrogen and oxygen atoms in total. The molecule has 1 heterocycles. The quantitative estimate of drug-likeness (QED) is 0.819. The number of nitrogens with two attached hydrogens (primary N) is 1. The highest BCUT2D eigenvalue weighted by atomic mass is 16.5. The largest absolute Gasteiger partial charge is 0.508 e. The first-order valence-corrected chi connectivity index (χ1v) is 5.88. The maximum Gasteiger partial charge on any atom is 0.115 e. The number of phenolic OH excluding ortho intramolecular Hbond substituents is 1. The average Bonchev–Trinajstić information content (AvgIpc) is 2.31. The second-order valence-electron chi connectivity index (χ2n) is 4.41. The van der Waals surface area contributed by atoms with Gasteiger partial charge in [0, 0.05) is 12.5 Å². The monoisotopic (exact) mass is 221 g/mol. The zero-order chi connectivity index (χ0) is 11.4. The number of ether oxygens (including phenoxy) is 1. The van der Waals surface area contributed by atoms with Gasteiger partial charge in [0.15, 0.2) is 0 Å². The highest BCUT2D eigenvalue weighted by molar-refractivity contribution is 5.30. The second kappa shape index (κ2) is 5.32. The van der Waals surface area contributed by atoms with Crippen LogP contribution < -0.4 is 5.73 Å². The van der Waals surface area contributed by atoms with Gasteiger partial charge < -0.3 is 15.6 Å². The molecule has 2 unspecified atom stereocenters. The molecule has 1 aliphatic rings. The number of benzene rings is 1. The standard InChI is InChI=1S/C13H19NO2/c14-8-13(11-4-2-6-16-9-11)10-3-1-5-12(15)7-10/h1,3,5,7,11,13,15H,2,4,6,8-9,14H2. The van der Waals surface area contributed by atoms with Crippen molar-refractivity contribution in [3.8, 4) is 5.75 Å². The number of phenols is 1. The number of hydrogen-bond donors (Lipinski definition) is 2. The lowest BCUT2D eigenvalue weighted by molar-refractivity contribution is 0.0450. The molecular weight excluding hydrogens is 202 g/mol. The Balaban J connectivity index is 2.14. The highest BCUT2D eigenvalue weighted by Crippen LogP contribution is 2.31. The molecule has 0 bridgehead atoms. The second-order valence-corrected chi connectivity index (χ2v) is 4.41. The van der Waals surface area contributed by atoms with Crippen LogP contribution in [-0.4, -0.2) is 24.9 Å². The molecule has 1 aromatic rings. The van der Waals surface area contributed by atoms with Crippen molar-refractivity contribution in [3.05, 3.63) is 29.8 Å². The molecule has 1 aliphatic heterocycles. The van der Waals surface area contributed by atoms with Gasteiger partial charge >= 0.3 is 0 Å². The third-order valence-corrected chi connectivity index (χ3v) is 3.32. The van der Waals surface area contributed by atoms with Gasteiger partial charge in [-0.05, 0) is 43.0 Å². The van der Waals surface area contributed by atoms with Crippen molar-refractivity contribution >= 4 is 0 Å². The molecule has 3 N–H and O–H groups in total. The van der Waals surface area contributed by atoms with E-state index >= 15 is 0 Å². The maximum atomic E-state index is 9.48. The first kappa shape index (κ1) is 11.4. The van der Waals surface area contributed by atoms with Crippen molar-refractivity contribution in [1.29, 1.82) is 0 Å². The van der Waals surface area contributed by atoms with Crippen molar-refractivity contribution in [1.82, 2.24) is 0 Å². The summed E-state index contributed by atoms with van der Waals surface area (Å²) in [5.41, 5.74) is 6.97. The Morgan fingerprint density at radius 2 is 2.38 bits per heavy atom. The van der Waals surface area contributed by atoms with Gasteiger partial charge in [0.25, 0.3) is 0 Å². The molecular formula is C13H19NO2. The highest BCUT2D eigenvalue weighted by Gasteiger charge is 2.24. The molecule has 16 heavy (non-hydrogen) atoms. The fraction of sp³-hybridized carbons (Fsp3) is 0.538. The summed E-state index contributed by atoms with van der Waals surface area (Å²) in [5, 5.41) is 9.48. The van der Waals surface area contributed by atoms with E-state index in [2.05, 4.69) is 0 Å². The lowest BCUT2D eigenvalue weighted by atomic mass is 9.83. The van der Waals surface area contributed by atoms with E-state index in [1.165, 1.54) is 0 Å². The number of rotatable bonds is 3. The van der Waals surface area contributed by atoms with Gasteiger partial charge in [-0.15, -0.1) is 0 Å². The van der Waals surface area contributed by atoms with Crippen LogP contribution in [0.4, 0.5) is 0 Å². The van der Waals surface area contributed by atoms with Crippen LogP contribution in [0.25, 0.3) is 0 Å². The predicted molar refractivity (Wildman–Crippen MR) is 63.4 cm³/mol. The normalized spacial score (nSPS) is 22.9. The molecule has 2 rings (SSSR count). The van der Waals surface area contributed by atoms with Crippen LogP contribution >= 0.6 is 0 Å². The molecule has 1 saturated heterocycles. The summed E-state index contributed by atoms with van der Waals surface area (Å²) >= 11 is 0. The lowest BCUT2D eigenvalue weighted by Gasteiger charge is -2.29. The van der Waals surface area contributed by atoms with E-state index in [0.29, 0.717) is 24.1 Å². The first-order chi connectivity index (χ1) is 7.81. The lowest BCUT2D eigenvalue weighted by Crippen LogP contribution is -2.28. The average molecular weight is 221 g/mol. The van der Waals surface area contributed by atoms with E-state index in [4.69, 9.17) is 10.5 Å². The summed E-state index contributed by atoms with van der Waals surface area (Å²) in [7, 11) is 0. The maximum absolute atomic E-state index is 9.48. The molecule has 0 spiro atoms. The van der Waals surface area contributed by atoms with Gasteiger partial charge in [0.05, 0.1) is 6.61 Å². The van der Waals surface area contributed by atoms with E-state index < -0.39 is 0 Å². The summed E-state index contributed by atoms with van der Waals surface area (Å²) < 4.78 is 5.50. The van der Waals surface area contributed by atoms with Crippen molar-refractivity contribution in [2.24, 2.45) is 11.7 Å². The van der Waals surface area contributed by atoms with Gasteiger partial charge in [0.2, 0.25) is 0 Å². The van der Waals surface area contributed by atoms with Gasteiger partial charge in [0.1, 0.15) is 5.75 Å². The molecule has 0 aromatic heterocycles. The predicted octanol–water partition coefficient (Wildman–Crippen LogP) is 1.86. The Hall–Kier alpha value is -1.06. The Bertz CT molecular complexity index is 334. The van der Waals surface area contributed by atoms with Crippen molar-refractivity contribution in [2.45, 2.75) is 18.8 Å². The number of hydrogen-bond acceptors (Lipinski definition) is 3. The van der Waals surface area contributed by atoms with E-state index in [0.717, 1.165) is 31.6 Å². The number of aromatic hydroxyl groups is 1. The molecule has 0 amide bonds. The summed E-state index contributed by atoms with van der Waals surface area (Å²) in [6, 6.07) is 7.41. The third kappa shape index (κ3) is 2.54. The van der Waals surface area contributed by atoms with Crippen LogP contribution in [0.2, 0.25) is 0 Å². The van der Waals surface area contributed by atoms with E-state index in [1.807, 2.05) is 18.2 Å². The molecule has 0 saturated carbocycles. The van der Waals surface area contributed by atoms with Crippen molar-refractivity contribution < 1.29 is 9.84 Å². The Labute approximate surface area is 96.2 Å². The minimum Gasteiger partial charge on any atom is -0.508 e. The molecule has 88 valence electrons. The summed E-state index contributed by atoms with van der Waals surface area (Å²) in [5.74, 6) is 1.10. The summed E-state index contributed by atoms with van der Waals surface area (Å²) in [6.45, 7) is 2.27. The van der Waals surface area contributed by atoms with Crippen LogP contribution in [-0.2, 0) is 4.74 Å².